The summed E-state index contributed by atoms with van der Waals surface area (Å²) in [7, 11) is 0. The summed E-state index contributed by atoms with van der Waals surface area (Å²) >= 11 is 0. The van der Waals surface area contributed by atoms with Gasteiger partial charge in [-0.05, 0) is 39.0 Å². The molecule has 0 aromatic heterocycles. The van der Waals surface area contributed by atoms with E-state index in [4.69, 9.17) is 14.9 Å². The molecule has 23 heavy (non-hydrogen) atoms. The van der Waals surface area contributed by atoms with E-state index in [1.165, 1.54) is 12.1 Å². The number of benzene rings is 1. The Morgan fingerprint density at radius 2 is 1.61 bits per heavy atom. The molecule has 122 valence electrons. The minimum absolute atomic E-state index is 0.0192. The smallest absolute Gasteiger partial charge is 0.408 e. The fourth-order valence-corrected chi connectivity index (χ4v) is 1.52. The highest BCUT2D eigenvalue weighted by atomic mass is 16.6. The molecule has 1 rings (SSSR count). The maximum atomic E-state index is 11.4. The summed E-state index contributed by atoms with van der Waals surface area (Å²) in [5, 5.41) is 20.3. The second kappa shape index (κ2) is 7.31. The number of amides is 1. The van der Waals surface area contributed by atoms with Crippen LogP contribution in [0.3, 0.4) is 0 Å². The third-order valence-corrected chi connectivity index (χ3v) is 2.38. The monoisotopic (exact) mass is 319 g/mol. The quantitative estimate of drug-likeness (QED) is 0.734. The molecule has 0 spiro atoms. The first-order chi connectivity index (χ1) is 10.6. The molecule has 1 aromatic rings. The maximum Gasteiger partial charge on any atom is 0.408 e. The molecule has 0 fully saturated rings. The van der Waals surface area contributed by atoms with Crippen molar-refractivity contribution in [3.8, 4) is 11.8 Å². The van der Waals surface area contributed by atoms with Crippen molar-refractivity contribution in [2.45, 2.75) is 26.4 Å². The molecule has 0 aliphatic rings. The first kappa shape index (κ1) is 18.0. The number of hydrogen-bond acceptors (Lipinski definition) is 4. The Morgan fingerprint density at radius 3 is 2.04 bits per heavy atom. The second-order valence-corrected chi connectivity index (χ2v) is 5.57. The third-order valence-electron chi connectivity index (χ3n) is 2.38. The number of carboxylic acids is 2. The topological polar surface area (TPSA) is 113 Å². The SMILES string of the molecule is CC(C)(C)OC(=O)NCC#Cc1cc(C(=O)O)cc(C(=O)O)c1. The molecule has 7 nitrogen and oxygen atoms in total. The van der Waals surface area contributed by atoms with Gasteiger partial charge in [0.05, 0.1) is 17.7 Å². The van der Waals surface area contributed by atoms with Crippen LogP contribution < -0.4 is 5.32 Å². The lowest BCUT2D eigenvalue weighted by atomic mass is 10.1. The Hall–Kier alpha value is -3.01. The third kappa shape index (κ3) is 6.52. The van der Waals surface area contributed by atoms with Crippen molar-refractivity contribution < 1.29 is 29.3 Å². The van der Waals surface area contributed by atoms with Crippen LogP contribution in [0.1, 0.15) is 47.1 Å². The van der Waals surface area contributed by atoms with E-state index in [9.17, 15) is 14.4 Å². The van der Waals surface area contributed by atoms with E-state index in [1.54, 1.807) is 20.8 Å². The first-order valence-corrected chi connectivity index (χ1v) is 6.66. The van der Waals surface area contributed by atoms with Crippen molar-refractivity contribution in [3.05, 3.63) is 34.9 Å². The van der Waals surface area contributed by atoms with Gasteiger partial charge in [0, 0.05) is 5.56 Å². The summed E-state index contributed by atoms with van der Waals surface area (Å²) < 4.78 is 5.02. The Bertz CT molecular complexity index is 658. The van der Waals surface area contributed by atoms with Crippen LogP contribution in [0.25, 0.3) is 0 Å². The van der Waals surface area contributed by atoms with Crippen LogP contribution >= 0.6 is 0 Å². The highest BCUT2D eigenvalue weighted by molar-refractivity contribution is 5.94. The summed E-state index contributed by atoms with van der Waals surface area (Å²) in [5.41, 5.74) is -0.735. The average molecular weight is 319 g/mol. The van der Waals surface area contributed by atoms with Crippen molar-refractivity contribution in [2.24, 2.45) is 0 Å². The summed E-state index contributed by atoms with van der Waals surface area (Å²) in [5.74, 6) is 2.71. The Labute approximate surface area is 133 Å². The highest BCUT2D eigenvalue weighted by Crippen LogP contribution is 2.10. The van der Waals surface area contributed by atoms with Crippen LogP contribution in [-0.4, -0.2) is 40.4 Å². The summed E-state index contributed by atoms with van der Waals surface area (Å²) in [4.78, 5) is 33.3. The van der Waals surface area contributed by atoms with Crippen LogP contribution in [0.15, 0.2) is 18.2 Å². The summed E-state index contributed by atoms with van der Waals surface area (Å²) in [6.07, 6.45) is -0.627. The second-order valence-electron chi connectivity index (χ2n) is 5.57. The van der Waals surface area contributed by atoms with E-state index in [0.717, 1.165) is 6.07 Å². The first-order valence-electron chi connectivity index (χ1n) is 6.66. The predicted molar refractivity (Wildman–Crippen MR) is 81.5 cm³/mol. The van der Waals surface area contributed by atoms with Gasteiger partial charge < -0.3 is 20.3 Å². The molecule has 0 atom stereocenters. The fraction of sp³-hybridized carbons (Fsp3) is 0.312. The van der Waals surface area contributed by atoms with Gasteiger partial charge in [-0.1, -0.05) is 11.8 Å². The van der Waals surface area contributed by atoms with Gasteiger partial charge in [-0.25, -0.2) is 14.4 Å². The summed E-state index contributed by atoms with van der Waals surface area (Å²) in [6.45, 7) is 5.16. The molecule has 0 aliphatic heterocycles. The zero-order valence-electron chi connectivity index (χ0n) is 13.0. The largest absolute Gasteiger partial charge is 0.478 e. The van der Waals surface area contributed by atoms with Crippen LogP contribution in [0.5, 0.6) is 0 Å². The lowest BCUT2D eigenvalue weighted by Crippen LogP contribution is -2.32. The van der Waals surface area contributed by atoms with E-state index in [2.05, 4.69) is 17.2 Å². The predicted octanol–water partition coefficient (Wildman–Crippen LogP) is 1.96. The lowest BCUT2D eigenvalue weighted by Gasteiger charge is -2.18. The molecule has 0 bridgehead atoms. The molecule has 0 radical (unpaired) electrons. The molecule has 1 amide bonds. The number of hydrogen-bond donors (Lipinski definition) is 3. The molecule has 7 heteroatoms. The number of ether oxygens (including phenoxy) is 1. The van der Waals surface area contributed by atoms with E-state index < -0.39 is 23.6 Å². The fourth-order valence-electron chi connectivity index (χ4n) is 1.52. The Morgan fingerprint density at radius 1 is 1.09 bits per heavy atom. The molecule has 0 heterocycles. The van der Waals surface area contributed by atoms with E-state index >= 15 is 0 Å². The van der Waals surface area contributed by atoms with Crippen molar-refractivity contribution in [1.82, 2.24) is 5.32 Å². The van der Waals surface area contributed by atoms with Crippen molar-refractivity contribution >= 4 is 18.0 Å². The van der Waals surface area contributed by atoms with Gasteiger partial charge in [-0.15, -0.1) is 0 Å². The van der Waals surface area contributed by atoms with Gasteiger partial charge in [-0.2, -0.15) is 0 Å². The minimum Gasteiger partial charge on any atom is -0.478 e. The van der Waals surface area contributed by atoms with Crippen LogP contribution in [0, 0.1) is 11.8 Å². The van der Waals surface area contributed by atoms with Gasteiger partial charge in [0.1, 0.15) is 5.60 Å². The molecule has 3 N–H and O–H groups in total. The number of nitrogens with one attached hydrogen (secondary N) is 1. The summed E-state index contributed by atoms with van der Waals surface area (Å²) in [6, 6.07) is 3.57. The minimum atomic E-state index is -1.25. The molecular formula is C16H17NO6. The number of carbonyl (C=O) groups is 3. The Balaban J connectivity index is 2.80. The zero-order valence-corrected chi connectivity index (χ0v) is 13.0. The lowest BCUT2D eigenvalue weighted by molar-refractivity contribution is 0.0533. The van der Waals surface area contributed by atoms with Crippen molar-refractivity contribution in [2.75, 3.05) is 6.54 Å². The van der Waals surface area contributed by atoms with Crippen molar-refractivity contribution in [3.63, 3.8) is 0 Å². The molecular weight excluding hydrogens is 302 g/mol. The normalized spacial score (nSPS) is 10.2. The van der Waals surface area contributed by atoms with Gasteiger partial charge >= 0.3 is 18.0 Å². The van der Waals surface area contributed by atoms with Crippen LogP contribution in [-0.2, 0) is 4.74 Å². The number of carboxylic acid groups (broad SMARTS) is 2. The number of rotatable bonds is 3. The highest BCUT2D eigenvalue weighted by Gasteiger charge is 2.15. The zero-order chi connectivity index (χ0) is 17.6. The number of aromatic carboxylic acids is 2. The molecule has 0 saturated carbocycles. The van der Waals surface area contributed by atoms with Gasteiger partial charge in [0.15, 0.2) is 0 Å². The van der Waals surface area contributed by atoms with E-state index in [0.29, 0.717) is 0 Å². The van der Waals surface area contributed by atoms with Crippen molar-refractivity contribution in [1.29, 1.82) is 0 Å². The molecule has 0 saturated heterocycles. The van der Waals surface area contributed by atoms with E-state index in [-0.39, 0.29) is 23.2 Å². The average Bonchev–Trinajstić information content (AvgIpc) is 2.41. The number of alkyl carbamates (subject to hydrolysis) is 1. The molecule has 0 aliphatic carbocycles. The van der Waals surface area contributed by atoms with E-state index in [1.807, 2.05) is 0 Å². The van der Waals surface area contributed by atoms with Gasteiger partial charge in [-0.3, -0.25) is 0 Å². The van der Waals surface area contributed by atoms with Crippen LogP contribution in [0.2, 0.25) is 0 Å². The Kier molecular flexibility index (Phi) is 5.74. The van der Waals surface area contributed by atoms with Gasteiger partial charge in [0.25, 0.3) is 0 Å². The number of carbonyl (C=O) groups excluding carboxylic acids is 1. The maximum absolute atomic E-state index is 11.4. The standard InChI is InChI=1S/C16H17NO6/c1-16(2,3)23-15(22)17-6-4-5-10-7-11(13(18)19)9-12(8-10)14(20)21/h7-9H,6H2,1-3H3,(H,17,22)(H,18,19)(H,20,21). The van der Waals surface area contributed by atoms with Gasteiger partial charge in [0.2, 0.25) is 0 Å². The molecule has 0 unspecified atom stereocenters. The molecule has 1 aromatic carbocycles. The van der Waals surface area contributed by atoms with Crippen LogP contribution in [0.4, 0.5) is 4.79 Å².